The van der Waals surface area contributed by atoms with Crippen molar-refractivity contribution in [2.75, 3.05) is 17.1 Å². The van der Waals surface area contributed by atoms with E-state index in [9.17, 15) is 13.5 Å². The van der Waals surface area contributed by atoms with E-state index in [0.717, 1.165) is 28.8 Å². The van der Waals surface area contributed by atoms with Crippen molar-refractivity contribution in [2.45, 2.75) is 26.4 Å². The molecule has 0 unspecified atom stereocenters. The Morgan fingerprint density at radius 3 is 2.65 bits per heavy atom. The molecule has 17 heavy (non-hydrogen) atoms. The number of aliphatic hydroxyl groups excluding tert-OH is 1. The summed E-state index contributed by atoms with van der Waals surface area (Å²) in [5, 5.41) is 9.34. The molecule has 0 saturated carbocycles. The molecule has 1 aromatic rings. The van der Waals surface area contributed by atoms with Crippen molar-refractivity contribution in [1.82, 2.24) is 0 Å². The first-order valence-corrected chi connectivity index (χ1v) is 7.55. The van der Waals surface area contributed by atoms with Crippen LogP contribution in [0.5, 0.6) is 0 Å². The van der Waals surface area contributed by atoms with Crippen LogP contribution in [0.1, 0.15) is 23.6 Å². The fraction of sp³-hybridized carbons (Fsp3) is 0.500. The van der Waals surface area contributed by atoms with E-state index < -0.39 is 10.0 Å². The van der Waals surface area contributed by atoms with Crippen LogP contribution in [0.25, 0.3) is 0 Å². The van der Waals surface area contributed by atoms with Gasteiger partial charge in [0.15, 0.2) is 0 Å². The van der Waals surface area contributed by atoms with Gasteiger partial charge >= 0.3 is 0 Å². The Morgan fingerprint density at radius 1 is 1.41 bits per heavy atom. The topological polar surface area (TPSA) is 57.6 Å². The summed E-state index contributed by atoms with van der Waals surface area (Å²) in [6, 6.07) is 3.88. The number of hydrogen-bond donors (Lipinski definition) is 1. The highest BCUT2D eigenvalue weighted by Gasteiger charge is 2.28. The van der Waals surface area contributed by atoms with E-state index in [1.54, 1.807) is 0 Å². The third kappa shape index (κ3) is 2.17. The van der Waals surface area contributed by atoms with E-state index in [2.05, 4.69) is 0 Å². The molecule has 4 nitrogen and oxygen atoms in total. The molecular weight excluding hydrogens is 238 g/mol. The zero-order valence-corrected chi connectivity index (χ0v) is 10.9. The average molecular weight is 255 g/mol. The van der Waals surface area contributed by atoms with Gasteiger partial charge in [-0.1, -0.05) is 13.0 Å². The number of hydrogen-bond acceptors (Lipinski definition) is 3. The Hall–Kier alpha value is -1.07. The summed E-state index contributed by atoms with van der Waals surface area (Å²) in [6.45, 7) is 2.46. The number of anilines is 1. The summed E-state index contributed by atoms with van der Waals surface area (Å²) in [7, 11) is -3.21. The largest absolute Gasteiger partial charge is 0.392 e. The van der Waals surface area contributed by atoms with Gasteiger partial charge in [0.05, 0.1) is 18.6 Å². The predicted octanol–water partition coefficient (Wildman–Crippen LogP) is 1.06. The van der Waals surface area contributed by atoms with Crippen LogP contribution in [0.3, 0.4) is 0 Å². The van der Waals surface area contributed by atoms with Crippen LogP contribution in [-0.2, 0) is 29.5 Å². The first kappa shape index (κ1) is 12.4. The second-order valence-corrected chi connectivity index (χ2v) is 6.26. The minimum Gasteiger partial charge on any atom is -0.392 e. The molecule has 0 amide bonds. The third-order valence-electron chi connectivity index (χ3n) is 3.19. The number of fused-ring (bicyclic) bond motifs is 1. The second-order valence-electron chi connectivity index (χ2n) is 4.35. The van der Waals surface area contributed by atoms with Gasteiger partial charge in [-0.05, 0) is 35.6 Å². The minimum atomic E-state index is -3.21. The van der Waals surface area contributed by atoms with Crippen LogP contribution in [0.2, 0.25) is 0 Å². The van der Waals surface area contributed by atoms with Gasteiger partial charge in [-0.15, -0.1) is 0 Å². The van der Waals surface area contributed by atoms with Crippen molar-refractivity contribution in [2.24, 2.45) is 0 Å². The first-order valence-electron chi connectivity index (χ1n) is 5.70. The zero-order chi connectivity index (χ0) is 12.6. The lowest BCUT2D eigenvalue weighted by molar-refractivity contribution is 0.281. The van der Waals surface area contributed by atoms with Crippen molar-refractivity contribution in [3.05, 3.63) is 28.8 Å². The molecule has 0 aromatic heterocycles. The lowest BCUT2D eigenvalue weighted by atomic mass is 10.0. The van der Waals surface area contributed by atoms with E-state index in [1.807, 2.05) is 19.1 Å². The zero-order valence-electron chi connectivity index (χ0n) is 10.1. The van der Waals surface area contributed by atoms with E-state index in [-0.39, 0.29) is 6.61 Å². The molecular formula is C12H17NO3S. The van der Waals surface area contributed by atoms with Gasteiger partial charge in [0.25, 0.3) is 0 Å². The lowest BCUT2D eigenvalue weighted by Gasteiger charge is -2.18. The van der Waals surface area contributed by atoms with Crippen LogP contribution in [-0.4, -0.2) is 26.3 Å². The van der Waals surface area contributed by atoms with Gasteiger partial charge in [0, 0.05) is 6.54 Å². The highest BCUT2D eigenvalue weighted by molar-refractivity contribution is 7.92. The maximum Gasteiger partial charge on any atom is 0.232 e. The van der Waals surface area contributed by atoms with Crippen LogP contribution in [0.15, 0.2) is 12.1 Å². The number of benzene rings is 1. The molecule has 1 aromatic carbocycles. The minimum absolute atomic E-state index is 0.0340. The van der Waals surface area contributed by atoms with Crippen LogP contribution >= 0.6 is 0 Å². The third-order valence-corrected chi connectivity index (χ3v) is 4.37. The molecule has 5 heteroatoms. The molecule has 0 aliphatic carbocycles. The summed E-state index contributed by atoms with van der Waals surface area (Å²) in [5.74, 6) is 0. The van der Waals surface area contributed by atoms with E-state index >= 15 is 0 Å². The van der Waals surface area contributed by atoms with Crippen LogP contribution in [0.4, 0.5) is 5.69 Å². The smallest absolute Gasteiger partial charge is 0.232 e. The molecule has 1 heterocycles. The fourth-order valence-electron chi connectivity index (χ4n) is 2.31. The van der Waals surface area contributed by atoms with Crippen molar-refractivity contribution >= 4 is 15.7 Å². The normalized spacial score (nSPS) is 15.1. The highest BCUT2D eigenvalue weighted by Crippen LogP contribution is 2.34. The maximum absolute atomic E-state index is 11.7. The summed E-state index contributed by atoms with van der Waals surface area (Å²) in [4.78, 5) is 0. The number of nitrogens with zero attached hydrogens (tertiary/aromatic N) is 1. The number of aliphatic hydroxyl groups is 1. The Bertz CT molecular complexity index is 537. The number of rotatable bonds is 3. The van der Waals surface area contributed by atoms with E-state index in [1.165, 1.54) is 10.6 Å². The molecule has 0 fully saturated rings. The molecule has 1 aliphatic rings. The second kappa shape index (κ2) is 4.31. The Morgan fingerprint density at radius 2 is 2.12 bits per heavy atom. The van der Waals surface area contributed by atoms with E-state index in [0.29, 0.717) is 13.0 Å². The predicted molar refractivity (Wildman–Crippen MR) is 67.6 cm³/mol. The lowest BCUT2D eigenvalue weighted by Crippen LogP contribution is -2.27. The summed E-state index contributed by atoms with van der Waals surface area (Å²) >= 11 is 0. The molecule has 0 spiro atoms. The maximum atomic E-state index is 11.7. The Kier molecular flexibility index (Phi) is 3.14. The van der Waals surface area contributed by atoms with Gasteiger partial charge in [0.1, 0.15) is 0 Å². The summed E-state index contributed by atoms with van der Waals surface area (Å²) in [5.41, 5.74) is 3.62. The van der Waals surface area contributed by atoms with Gasteiger partial charge in [-0.25, -0.2) is 8.42 Å². The number of aryl methyl sites for hydroxylation is 1. The highest BCUT2D eigenvalue weighted by atomic mass is 32.2. The Labute approximate surface area is 102 Å². The summed E-state index contributed by atoms with van der Waals surface area (Å²) < 4.78 is 24.7. The molecule has 0 atom stereocenters. The summed E-state index contributed by atoms with van der Waals surface area (Å²) in [6.07, 6.45) is 2.74. The Balaban J connectivity index is 2.59. The van der Waals surface area contributed by atoms with E-state index in [4.69, 9.17) is 0 Å². The number of sulfonamides is 1. The standard InChI is InChI=1S/C12H17NO3S/c1-3-9-6-10(8-14)11-4-5-13(12(11)7-9)17(2,15)16/h6-7,14H,3-5,8H2,1-2H3. The quantitative estimate of drug-likeness (QED) is 0.878. The molecule has 1 N–H and O–H groups in total. The monoisotopic (exact) mass is 255 g/mol. The fourth-order valence-corrected chi connectivity index (χ4v) is 3.26. The SMILES string of the molecule is CCc1cc(CO)c2c(c1)N(S(C)(=O)=O)CC2. The van der Waals surface area contributed by atoms with Crippen LogP contribution in [0, 0.1) is 0 Å². The van der Waals surface area contributed by atoms with Crippen molar-refractivity contribution < 1.29 is 13.5 Å². The van der Waals surface area contributed by atoms with Crippen molar-refractivity contribution in [3.63, 3.8) is 0 Å². The van der Waals surface area contributed by atoms with Crippen LogP contribution < -0.4 is 4.31 Å². The van der Waals surface area contributed by atoms with Crippen molar-refractivity contribution in [1.29, 1.82) is 0 Å². The molecule has 0 saturated heterocycles. The average Bonchev–Trinajstić information content (AvgIpc) is 2.70. The van der Waals surface area contributed by atoms with Crippen molar-refractivity contribution in [3.8, 4) is 0 Å². The van der Waals surface area contributed by atoms with Gasteiger partial charge < -0.3 is 5.11 Å². The molecule has 1 aliphatic heterocycles. The first-order chi connectivity index (χ1) is 7.97. The molecule has 0 radical (unpaired) electrons. The molecule has 94 valence electrons. The van der Waals surface area contributed by atoms with Gasteiger partial charge in [-0.2, -0.15) is 0 Å². The van der Waals surface area contributed by atoms with Gasteiger partial charge in [-0.3, -0.25) is 4.31 Å². The molecule has 0 bridgehead atoms. The molecule has 2 rings (SSSR count). The van der Waals surface area contributed by atoms with Gasteiger partial charge in [0.2, 0.25) is 10.0 Å².